The predicted molar refractivity (Wildman–Crippen MR) is 72.5 cm³/mol. The van der Waals surface area contributed by atoms with E-state index in [4.69, 9.17) is 5.73 Å². The number of halogens is 3. The van der Waals surface area contributed by atoms with E-state index < -0.39 is 12.1 Å². The Labute approximate surface area is 122 Å². The lowest BCUT2D eigenvalue weighted by Crippen LogP contribution is -2.30. The number of carbonyl (C=O) groups excluding carboxylic acids is 1. The quantitative estimate of drug-likeness (QED) is 0.855. The number of nitrogens with one attached hydrogen (secondary N) is 1. The minimum atomic E-state index is -4.96. The van der Waals surface area contributed by atoms with Crippen molar-refractivity contribution >= 4 is 23.2 Å². The number of amides is 1. The number of nitrogens with zero attached hydrogens (tertiary/aromatic N) is 4. The Balaban J connectivity index is 1.83. The number of anilines is 2. The van der Waals surface area contributed by atoms with E-state index in [0.717, 1.165) is 13.0 Å². The van der Waals surface area contributed by atoms with Gasteiger partial charge in [-0.3, -0.25) is 4.79 Å². The summed E-state index contributed by atoms with van der Waals surface area (Å²) >= 11 is 0. The normalized spacial score (nSPS) is 18.9. The smallest absolute Gasteiger partial charge is 0.354 e. The molecule has 2 aromatic rings. The van der Waals surface area contributed by atoms with Gasteiger partial charge >= 0.3 is 12.1 Å². The highest BCUT2D eigenvalue weighted by molar-refractivity contribution is 5.94. The number of alkyl halides is 3. The van der Waals surface area contributed by atoms with Crippen molar-refractivity contribution < 1.29 is 18.0 Å². The highest BCUT2D eigenvalue weighted by atomic mass is 19.4. The summed E-state index contributed by atoms with van der Waals surface area (Å²) in [4.78, 5) is 16.8. The maximum atomic E-state index is 12.2. The monoisotopic (exact) mass is 314 g/mol. The van der Waals surface area contributed by atoms with E-state index in [1.165, 1.54) is 10.7 Å². The highest BCUT2D eigenvalue weighted by Gasteiger charge is 2.39. The van der Waals surface area contributed by atoms with Crippen LogP contribution in [0, 0.1) is 0 Å². The lowest BCUT2D eigenvalue weighted by molar-refractivity contribution is -0.167. The fourth-order valence-corrected chi connectivity index (χ4v) is 2.28. The van der Waals surface area contributed by atoms with Crippen molar-refractivity contribution in [1.29, 1.82) is 0 Å². The number of hydrogen-bond donors (Lipinski definition) is 2. The van der Waals surface area contributed by atoms with Crippen LogP contribution in [0.25, 0.3) is 5.65 Å². The average Bonchev–Trinajstić information content (AvgIpc) is 3.02. The zero-order chi connectivity index (χ0) is 15.9. The van der Waals surface area contributed by atoms with Crippen LogP contribution in [0.3, 0.4) is 0 Å². The first-order chi connectivity index (χ1) is 10.3. The Bertz CT molecular complexity index is 712. The van der Waals surface area contributed by atoms with Gasteiger partial charge in [-0.15, -0.1) is 5.10 Å². The molecule has 1 atom stereocenters. The van der Waals surface area contributed by atoms with Crippen LogP contribution < -0.4 is 16.0 Å². The molecule has 7 nitrogen and oxygen atoms in total. The van der Waals surface area contributed by atoms with E-state index in [1.807, 2.05) is 4.90 Å². The molecule has 0 bridgehead atoms. The fraction of sp³-hybridized carbons (Fsp3) is 0.417. The van der Waals surface area contributed by atoms with Crippen LogP contribution in [0.5, 0.6) is 0 Å². The van der Waals surface area contributed by atoms with Crippen LogP contribution in [0.1, 0.15) is 6.42 Å². The van der Waals surface area contributed by atoms with Gasteiger partial charge in [0.05, 0.1) is 6.20 Å². The van der Waals surface area contributed by atoms with Crippen molar-refractivity contribution in [3.63, 3.8) is 0 Å². The van der Waals surface area contributed by atoms with Gasteiger partial charge in [-0.1, -0.05) is 0 Å². The summed E-state index contributed by atoms with van der Waals surface area (Å²) in [6.07, 6.45) is -2.87. The van der Waals surface area contributed by atoms with E-state index in [0.29, 0.717) is 18.0 Å². The summed E-state index contributed by atoms with van der Waals surface area (Å²) in [5.74, 6) is -1.61. The SMILES string of the molecule is NC1CCN(c2ccc3nc(NC(=O)C(F)(F)F)cn3n2)C1. The Hall–Kier alpha value is -2.36. The molecule has 1 aliphatic heterocycles. The topological polar surface area (TPSA) is 88.5 Å². The lowest BCUT2D eigenvalue weighted by atomic mass is 10.3. The van der Waals surface area contributed by atoms with Crippen LogP contribution >= 0.6 is 0 Å². The van der Waals surface area contributed by atoms with Crippen molar-refractivity contribution in [3.8, 4) is 0 Å². The van der Waals surface area contributed by atoms with Crippen molar-refractivity contribution in [2.45, 2.75) is 18.6 Å². The van der Waals surface area contributed by atoms with E-state index in [-0.39, 0.29) is 11.9 Å². The van der Waals surface area contributed by atoms with Gasteiger partial charge in [-0.05, 0) is 18.6 Å². The second-order valence-corrected chi connectivity index (χ2v) is 5.07. The molecule has 0 radical (unpaired) electrons. The minimum absolute atomic E-state index is 0.0851. The molecule has 1 saturated heterocycles. The molecular formula is C12H13F3N6O. The van der Waals surface area contributed by atoms with E-state index >= 15 is 0 Å². The number of fused-ring (bicyclic) bond motifs is 1. The maximum absolute atomic E-state index is 12.2. The summed E-state index contributed by atoms with van der Waals surface area (Å²) in [6, 6.07) is 3.42. The summed E-state index contributed by atoms with van der Waals surface area (Å²) in [5, 5.41) is 5.97. The van der Waals surface area contributed by atoms with Gasteiger partial charge < -0.3 is 16.0 Å². The van der Waals surface area contributed by atoms with Gasteiger partial charge in [0.25, 0.3) is 0 Å². The Morgan fingerprint density at radius 2 is 2.18 bits per heavy atom. The molecule has 1 aliphatic rings. The van der Waals surface area contributed by atoms with Crippen LogP contribution in [0.15, 0.2) is 18.3 Å². The molecule has 1 unspecified atom stereocenters. The molecule has 0 spiro atoms. The number of nitrogens with two attached hydrogens (primary N) is 1. The molecule has 2 aromatic heterocycles. The third-order valence-electron chi connectivity index (χ3n) is 3.35. The summed E-state index contributed by atoms with van der Waals surface area (Å²) < 4.78 is 38.0. The van der Waals surface area contributed by atoms with Crippen molar-refractivity contribution in [1.82, 2.24) is 14.6 Å². The van der Waals surface area contributed by atoms with Gasteiger partial charge in [-0.25, -0.2) is 9.50 Å². The van der Waals surface area contributed by atoms with Gasteiger partial charge in [0.1, 0.15) is 5.82 Å². The molecule has 118 valence electrons. The Morgan fingerprint density at radius 1 is 1.41 bits per heavy atom. The first-order valence-corrected chi connectivity index (χ1v) is 6.58. The molecule has 0 saturated carbocycles. The van der Waals surface area contributed by atoms with E-state index in [2.05, 4.69) is 10.1 Å². The van der Waals surface area contributed by atoms with Gasteiger partial charge in [0, 0.05) is 19.1 Å². The number of carbonyl (C=O) groups is 1. The summed E-state index contributed by atoms with van der Waals surface area (Å²) in [7, 11) is 0. The molecule has 3 N–H and O–H groups in total. The maximum Gasteiger partial charge on any atom is 0.471 e. The zero-order valence-corrected chi connectivity index (χ0v) is 11.3. The molecule has 0 aliphatic carbocycles. The summed E-state index contributed by atoms with van der Waals surface area (Å²) in [5.41, 5.74) is 6.17. The number of rotatable bonds is 2. The average molecular weight is 314 g/mol. The molecule has 1 amide bonds. The van der Waals surface area contributed by atoms with Gasteiger partial charge in [0.2, 0.25) is 0 Å². The Morgan fingerprint density at radius 3 is 2.82 bits per heavy atom. The number of aromatic nitrogens is 3. The van der Waals surface area contributed by atoms with Crippen molar-refractivity contribution in [2.75, 3.05) is 23.3 Å². The first-order valence-electron chi connectivity index (χ1n) is 6.58. The van der Waals surface area contributed by atoms with Crippen molar-refractivity contribution in [2.24, 2.45) is 5.73 Å². The van der Waals surface area contributed by atoms with E-state index in [1.54, 1.807) is 17.4 Å². The second-order valence-electron chi connectivity index (χ2n) is 5.07. The molecular weight excluding hydrogens is 301 g/mol. The van der Waals surface area contributed by atoms with Gasteiger partial charge in [0.15, 0.2) is 11.5 Å². The number of imidazole rings is 1. The zero-order valence-electron chi connectivity index (χ0n) is 11.3. The molecule has 0 aromatic carbocycles. The molecule has 3 heterocycles. The third kappa shape index (κ3) is 2.82. The standard InChI is InChI=1S/C12H13F3N6O/c13-12(14,15)11(22)18-8-6-21-9(17-8)1-2-10(19-21)20-4-3-7(16)5-20/h1-2,6-7H,3-5,16H2,(H,18,22). The molecule has 1 fully saturated rings. The Kier molecular flexibility index (Phi) is 3.39. The van der Waals surface area contributed by atoms with Gasteiger partial charge in [-0.2, -0.15) is 13.2 Å². The van der Waals surface area contributed by atoms with Crippen LogP contribution in [-0.4, -0.2) is 45.8 Å². The third-order valence-corrected chi connectivity index (χ3v) is 3.35. The van der Waals surface area contributed by atoms with Crippen LogP contribution in [0.2, 0.25) is 0 Å². The van der Waals surface area contributed by atoms with Crippen LogP contribution in [0.4, 0.5) is 24.8 Å². The van der Waals surface area contributed by atoms with E-state index in [9.17, 15) is 18.0 Å². The fourth-order valence-electron chi connectivity index (χ4n) is 2.28. The molecule has 3 rings (SSSR count). The summed E-state index contributed by atoms with van der Waals surface area (Å²) in [6.45, 7) is 1.44. The largest absolute Gasteiger partial charge is 0.471 e. The van der Waals surface area contributed by atoms with Crippen LogP contribution in [-0.2, 0) is 4.79 Å². The molecule has 10 heteroatoms. The number of hydrogen-bond acceptors (Lipinski definition) is 5. The minimum Gasteiger partial charge on any atom is -0.354 e. The predicted octanol–water partition coefficient (Wildman–Crippen LogP) is 0.767. The highest BCUT2D eigenvalue weighted by Crippen LogP contribution is 2.20. The van der Waals surface area contributed by atoms with Crippen molar-refractivity contribution in [3.05, 3.63) is 18.3 Å². The second kappa shape index (κ2) is 5.13. The lowest BCUT2D eigenvalue weighted by Gasteiger charge is -2.16. The molecule has 22 heavy (non-hydrogen) atoms. The first kappa shape index (κ1) is 14.6.